The summed E-state index contributed by atoms with van der Waals surface area (Å²) in [6, 6.07) is 13.3. The molecule has 0 heterocycles. The third kappa shape index (κ3) is 4.28. The molecule has 0 aliphatic carbocycles. The van der Waals surface area contributed by atoms with E-state index in [4.69, 9.17) is 5.73 Å². The average molecular weight is 351 g/mol. The molecule has 0 aliphatic rings. The first-order valence-electron chi connectivity index (χ1n) is 6.09. The van der Waals surface area contributed by atoms with Crippen LogP contribution in [0.1, 0.15) is 5.56 Å². The molecular formula is C15H15BrN2OS. The van der Waals surface area contributed by atoms with E-state index in [9.17, 15) is 4.79 Å². The van der Waals surface area contributed by atoms with Crippen LogP contribution in [-0.2, 0) is 4.79 Å². The number of rotatable bonds is 4. The van der Waals surface area contributed by atoms with Crippen molar-refractivity contribution < 1.29 is 4.79 Å². The van der Waals surface area contributed by atoms with Gasteiger partial charge in [0.15, 0.2) is 0 Å². The van der Waals surface area contributed by atoms with E-state index in [0.29, 0.717) is 11.4 Å². The molecule has 0 saturated heterocycles. The van der Waals surface area contributed by atoms with Gasteiger partial charge in [-0.25, -0.2) is 0 Å². The topological polar surface area (TPSA) is 55.1 Å². The molecule has 5 heteroatoms. The minimum absolute atomic E-state index is 0.0433. The summed E-state index contributed by atoms with van der Waals surface area (Å²) < 4.78 is 0.952. The van der Waals surface area contributed by atoms with E-state index in [1.165, 1.54) is 17.3 Å². The lowest BCUT2D eigenvalue weighted by atomic mass is 10.2. The Labute approximate surface area is 131 Å². The Hall–Kier alpha value is -1.46. The van der Waals surface area contributed by atoms with Gasteiger partial charge in [0.2, 0.25) is 5.91 Å². The minimum atomic E-state index is -0.0433. The maximum absolute atomic E-state index is 11.9. The Morgan fingerprint density at radius 1 is 1.25 bits per heavy atom. The Bertz CT molecular complexity index is 614. The molecule has 104 valence electrons. The number of thioether (sulfide) groups is 1. The fraction of sp³-hybridized carbons (Fsp3) is 0.133. The van der Waals surface area contributed by atoms with Gasteiger partial charge in [0, 0.05) is 20.7 Å². The zero-order valence-corrected chi connectivity index (χ0v) is 13.4. The quantitative estimate of drug-likeness (QED) is 0.645. The standard InChI is InChI=1S/C15H15BrN2OS/c1-10-2-5-12(6-3-10)18-15(19)9-20-14-8-11(16)4-7-13(14)17/h2-8H,9,17H2,1H3,(H,18,19). The lowest BCUT2D eigenvalue weighted by molar-refractivity contribution is -0.113. The van der Waals surface area contributed by atoms with Crippen LogP contribution in [0.25, 0.3) is 0 Å². The van der Waals surface area contributed by atoms with Crippen molar-refractivity contribution in [2.75, 3.05) is 16.8 Å². The molecule has 0 bridgehead atoms. The van der Waals surface area contributed by atoms with E-state index in [0.717, 1.165) is 15.1 Å². The molecule has 3 N–H and O–H groups in total. The third-order valence-corrected chi connectivity index (χ3v) is 4.23. The monoisotopic (exact) mass is 350 g/mol. The highest BCUT2D eigenvalue weighted by Gasteiger charge is 2.06. The normalized spacial score (nSPS) is 10.3. The second-order valence-corrected chi connectivity index (χ2v) is 6.32. The van der Waals surface area contributed by atoms with E-state index < -0.39 is 0 Å². The van der Waals surface area contributed by atoms with Crippen molar-refractivity contribution in [2.24, 2.45) is 0 Å². The van der Waals surface area contributed by atoms with Crippen molar-refractivity contribution in [3.63, 3.8) is 0 Å². The highest BCUT2D eigenvalue weighted by atomic mass is 79.9. The number of halogens is 1. The summed E-state index contributed by atoms with van der Waals surface area (Å²) in [5, 5.41) is 2.86. The van der Waals surface area contributed by atoms with Crippen LogP contribution in [0.15, 0.2) is 51.8 Å². The first kappa shape index (κ1) is 14.9. The van der Waals surface area contributed by atoms with Crippen molar-refractivity contribution in [2.45, 2.75) is 11.8 Å². The van der Waals surface area contributed by atoms with Gasteiger partial charge in [-0.3, -0.25) is 4.79 Å². The molecule has 0 unspecified atom stereocenters. The number of nitrogen functional groups attached to an aromatic ring is 1. The number of amides is 1. The Morgan fingerprint density at radius 2 is 1.95 bits per heavy atom. The highest BCUT2D eigenvalue weighted by molar-refractivity contribution is 9.10. The predicted octanol–water partition coefficient (Wildman–Crippen LogP) is 4.07. The Kier molecular flexibility index (Phi) is 5.09. The number of carbonyl (C=O) groups excluding carboxylic acids is 1. The van der Waals surface area contributed by atoms with E-state index in [1.807, 2.05) is 49.4 Å². The fourth-order valence-electron chi connectivity index (χ4n) is 1.61. The van der Waals surface area contributed by atoms with Crippen molar-refractivity contribution in [1.29, 1.82) is 0 Å². The van der Waals surface area contributed by atoms with E-state index in [1.54, 1.807) is 0 Å². The van der Waals surface area contributed by atoms with E-state index in [-0.39, 0.29) is 5.91 Å². The lowest BCUT2D eigenvalue weighted by Gasteiger charge is -2.07. The summed E-state index contributed by atoms with van der Waals surface area (Å²) in [6.07, 6.45) is 0. The maximum atomic E-state index is 11.9. The van der Waals surface area contributed by atoms with Crippen LogP contribution in [0, 0.1) is 6.92 Å². The Morgan fingerprint density at radius 3 is 2.65 bits per heavy atom. The van der Waals surface area contributed by atoms with Crippen molar-refractivity contribution in [3.05, 3.63) is 52.5 Å². The molecule has 2 aromatic rings. The molecule has 0 radical (unpaired) electrons. The molecule has 0 fully saturated rings. The van der Waals surface area contributed by atoms with Crippen molar-refractivity contribution in [1.82, 2.24) is 0 Å². The largest absolute Gasteiger partial charge is 0.398 e. The van der Waals surface area contributed by atoms with Gasteiger partial charge in [-0.05, 0) is 37.3 Å². The first-order valence-corrected chi connectivity index (χ1v) is 7.87. The molecular weight excluding hydrogens is 336 g/mol. The summed E-state index contributed by atoms with van der Waals surface area (Å²) in [6.45, 7) is 2.01. The number of nitrogens with two attached hydrogens (primary N) is 1. The van der Waals surface area contributed by atoms with Crippen LogP contribution >= 0.6 is 27.7 Å². The van der Waals surface area contributed by atoms with Gasteiger partial charge in [-0.15, -0.1) is 11.8 Å². The van der Waals surface area contributed by atoms with Crippen LogP contribution in [0.3, 0.4) is 0 Å². The molecule has 20 heavy (non-hydrogen) atoms. The Balaban J connectivity index is 1.92. The highest BCUT2D eigenvalue weighted by Crippen LogP contribution is 2.28. The first-order chi connectivity index (χ1) is 9.54. The molecule has 0 aromatic heterocycles. The molecule has 3 nitrogen and oxygen atoms in total. The molecule has 1 amide bonds. The van der Waals surface area contributed by atoms with Crippen molar-refractivity contribution >= 4 is 45.0 Å². The molecule has 0 aliphatic heterocycles. The third-order valence-electron chi connectivity index (χ3n) is 2.67. The summed E-state index contributed by atoms with van der Waals surface area (Å²) in [5.74, 6) is 0.285. The molecule has 0 atom stereocenters. The second kappa shape index (κ2) is 6.81. The van der Waals surface area contributed by atoms with Crippen LogP contribution < -0.4 is 11.1 Å². The summed E-state index contributed by atoms with van der Waals surface area (Å²) in [5.41, 5.74) is 8.53. The van der Waals surface area contributed by atoms with Gasteiger partial charge in [-0.1, -0.05) is 33.6 Å². The van der Waals surface area contributed by atoms with E-state index in [2.05, 4.69) is 21.2 Å². The zero-order chi connectivity index (χ0) is 14.5. The van der Waals surface area contributed by atoms with E-state index >= 15 is 0 Å². The summed E-state index contributed by atoms with van der Waals surface area (Å²) in [7, 11) is 0. The number of nitrogens with one attached hydrogen (secondary N) is 1. The predicted molar refractivity (Wildman–Crippen MR) is 89.1 cm³/mol. The van der Waals surface area contributed by atoms with Gasteiger partial charge >= 0.3 is 0 Å². The second-order valence-electron chi connectivity index (χ2n) is 4.39. The van der Waals surface area contributed by atoms with Crippen LogP contribution in [0.4, 0.5) is 11.4 Å². The number of benzene rings is 2. The van der Waals surface area contributed by atoms with Gasteiger partial charge < -0.3 is 11.1 Å². The summed E-state index contributed by atoms with van der Waals surface area (Å²) in [4.78, 5) is 12.8. The minimum Gasteiger partial charge on any atom is -0.398 e. The molecule has 0 saturated carbocycles. The molecule has 2 aromatic carbocycles. The van der Waals surface area contributed by atoms with Gasteiger partial charge in [0.05, 0.1) is 5.75 Å². The van der Waals surface area contributed by atoms with Gasteiger partial charge in [-0.2, -0.15) is 0 Å². The summed E-state index contributed by atoms with van der Waals surface area (Å²) >= 11 is 4.82. The van der Waals surface area contributed by atoms with Gasteiger partial charge in [0.25, 0.3) is 0 Å². The SMILES string of the molecule is Cc1ccc(NC(=O)CSc2cc(Br)ccc2N)cc1. The number of anilines is 2. The number of aryl methyl sites for hydroxylation is 1. The number of carbonyl (C=O) groups is 1. The lowest BCUT2D eigenvalue weighted by Crippen LogP contribution is -2.14. The number of hydrogen-bond acceptors (Lipinski definition) is 3. The van der Waals surface area contributed by atoms with Gasteiger partial charge in [0.1, 0.15) is 0 Å². The average Bonchev–Trinajstić information content (AvgIpc) is 2.42. The van der Waals surface area contributed by atoms with Crippen LogP contribution in [0.2, 0.25) is 0 Å². The molecule has 2 rings (SSSR count). The maximum Gasteiger partial charge on any atom is 0.234 e. The van der Waals surface area contributed by atoms with Crippen LogP contribution in [-0.4, -0.2) is 11.7 Å². The fourth-order valence-corrected chi connectivity index (χ4v) is 2.93. The smallest absolute Gasteiger partial charge is 0.234 e. The van der Waals surface area contributed by atoms with Crippen LogP contribution in [0.5, 0.6) is 0 Å². The van der Waals surface area contributed by atoms with Crippen molar-refractivity contribution in [3.8, 4) is 0 Å². The molecule has 0 spiro atoms. The zero-order valence-electron chi connectivity index (χ0n) is 11.0. The number of hydrogen-bond donors (Lipinski definition) is 2.